The Morgan fingerprint density at radius 2 is 1.64 bits per heavy atom. The number of nitrogens with zero attached hydrogens (tertiary/aromatic N) is 1. The molecule has 1 atom stereocenters. The van der Waals surface area contributed by atoms with Gasteiger partial charge in [0.25, 0.3) is 5.91 Å². The summed E-state index contributed by atoms with van der Waals surface area (Å²) < 4.78 is 11.0. The van der Waals surface area contributed by atoms with Gasteiger partial charge in [0.05, 0.1) is 13.7 Å². The number of aryl methyl sites for hydroxylation is 2. The molecule has 2 aromatic carbocycles. The molecule has 148 valence electrons. The van der Waals surface area contributed by atoms with Gasteiger partial charge in [0.15, 0.2) is 0 Å². The Labute approximate surface area is 165 Å². The average molecular weight is 382 g/mol. The minimum Gasteiger partial charge on any atom is -0.497 e. The van der Waals surface area contributed by atoms with Gasteiger partial charge in [-0.15, -0.1) is 0 Å². The number of carbonyl (C=O) groups excluding carboxylic acids is 2. The fourth-order valence-electron chi connectivity index (χ4n) is 3.62. The highest BCUT2D eigenvalue weighted by Gasteiger charge is 2.51. The van der Waals surface area contributed by atoms with Crippen LogP contribution in [0.25, 0.3) is 0 Å². The minimum absolute atomic E-state index is 0.190. The first-order chi connectivity index (χ1) is 13.4. The van der Waals surface area contributed by atoms with Crippen molar-refractivity contribution in [2.75, 3.05) is 20.3 Å². The van der Waals surface area contributed by atoms with Crippen molar-refractivity contribution >= 4 is 11.9 Å². The fourth-order valence-corrected chi connectivity index (χ4v) is 3.62. The first-order valence-electron chi connectivity index (χ1n) is 9.39. The normalized spacial score (nSPS) is 18.9. The second-order valence-electron chi connectivity index (χ2n) is 7.05. The molecule has 1 N–H and O–H groups in total. The molecule has 1 saturated heterocycles. The summed E-state index contributed by atoms with van der Waals surface area (Å²) in [5, 5.41) is 2.88. The summed E-state index contributed by atoms with van der Waals surface area (Å²) in [6, 6.07) is 12.8. The standard InChI is InChI=1S/C22H26N2O4/c1-5-22(17-6-8-18(27-4)9-7-17)20(25)24(21(26)23-22)10-11-28-19-13-15(2)12-16(3)14-19/h6-9,12-14H,5,10-11H2,1-4H3,(H,23,26). The molecule has 0 aromatic heterocycles. The van der Waals surface area contributed by atoms with Crippen molar-refractivity contribution in [3.05, 3.63) is 59.2 Å². The summed E-state index contributed by atoms with van der Waals surface area (Å²) in [4.78, 5) is 26.9. The molecule has 0 radical (unpaired) electrons. The maximum absolute atomic E-state index is 13.1. The van der Waals surface area contributed by atoms with Crippen molar-refractivity contribution in [2.45, 2.75) is 32.7 Å². The molecule has 6 nitrogen and oxygen atoms in total. The lowest BCUT2D eigenvalue weighted by Gasteiger charge is -2.26. The van der Waals surface area contributed by atoms with E-state index < -0.39 is 11.6 Å². The third kappa shape index (κ3) is 3.67. The Morgan fingerprint density at radius 1 is 1.00 bits per heavy atom. The van der Waals surface area contributed by atoms with Gasteiger partial charge in [-0.25, -0.2) is 4.79 Å². The average Bonchev–Trinajstić information content (AvgIpc) is 2.92. The van der Waals surface area contributed by atoms with E-state index in [4.69, 9.17) is 9.47 Å². The molecule has 0 saturated carbocycles. The van der Waals surface area contributed by atoms with E-state index >= 15 is 0 Å². The molecule has 1 unspecified atom stereocenters. The summed E-state index contributed by atoms with van der Waals surface area (Å²) in [5.74, 6) is 1.18. The van der Waals surface area contributed by atoms with Gasteiger partial charge in [-0.05, 0) is 61.2 Å². The molecule has 3 rings (SSSR count). The summed E-state index contributed by atoms with van der Waals surface area (Å²) >= 11 is 0. The second-order valence-corrected chi connectivity index (χ2v) is 7.05. The topological polar surface area (TPSA) is 67.9 Å². The molecule has 28 heavy (non-hydrogen) atoms. The fraction of sp³-hybridized carbons (Fsp3) is 0.364. The number of benzene rings is 2. The van der Waals surface area contributed by atoms with Crippen LogP contribution in [0.4, 0.5) is 4.79 Å². The third-order valence-corrected chi connectivity index (χ3v) is 5.07. The van der Waals surface area contributed by atoms with Crippen LogP contribution in [0, 0.1) is 13.8 Å². The first-order valence-corrected chi connectivity index (χ1v) is 9.39. The Kier molecular flexibility index (Phi) is 5.58. The van der Waals surface area contributed by atoms with Crippen LogP contribution < -0.4 is 14.8 Å². The van der Waals surface area contributed by atoms with E-state index in [1.165, 1.54) is 4.90 Å². The Balaban J connectivity index is 1.72. The van der Waals surface area contributed by atoms with E-state index in [0.29, 0.717) is 12.2 Å². The molecule has 3 amide bonds. The van der Waals surface area contributed by atoms with Gasteiger partial charge in [0.1, 0.15) is 23.6 Å². The first kappa shape index (κ1) is 19.7. The highest BCUT2D eigenvalue weighted by Crippen LogP contribution is 2.33. The summed E-state index contributed by atoms with van der Waals surface area (Å²) in [6.07, 6.45) is 0.457. The van der Waals surface area contributed by atoms with Gasteiger partial charge >= 0.3 is 6.03 Å². The zero-order valence-electron chi connectivity index (χ0n) is 16.7. The van der Waals surface area contributed by atoms with Crippen LogP contribution in [0.2, 0.25) is 0 Å². The second kappa shape index (κ2) is 7.92. The molecule has 1 fully saturated rings. The number of rotatable bonds is 7. The van der Waals surface area contributed by atoms with Crippen LogP contribution in [0.1, 0.15) is 30.0 Å². The summed E-state index contributed by atoms with van der Waals surface area (Å²) in [5.41, 5.74) is 1.90. The van der Waals surface area contributed by atoms with E-state index in [2.05, 4.69) is 11.4 Å². The predicted octanol–water partition coefficient (Wildman–Crippen LogP) is 3.55. The molecular formula is C22H26N2O4. The Morgan fingerprint density at radius 3 is 2.21 bits per heavy atom. The molecule has 0 spiro atoms. The molecule has 0 aliphatic carbocycles. The SMILES string of the molecule is CCC1(c2ccc(OC)cc2)NC(=O)N(CCOc2cc(C)cc(C)c2)C1=O. The van der Waals surface area contributed by atoms with Crippen LogP contribution >= 0.6 is 0 Å². The smallest absolute Gasteiger partial charge is 0.325 e. The zero-order valence-corrected chi connectivity index (χ0v) is 16.7. The molecule has 0 bridgehead atoms. The predicted molar refractivity (Wildman–Crippen MR) is 107 cm³/mol. The number of amides is 3. The van der Waals surface area contributed by atoms with Gasteiger partial charge in [-0.1, -0.05) is 25.1 Å². The van der Waals surface area contributed by atoms with Crippen LogP contribution in [0.5, 0.6) is 11.5 Å². The largest absolute Gasteiger partial charge is 0.497 e. The Hall–Kier alpha value is -3.02. The summed E-state index contributed by atoms with van der Waals surface area (Å²) in [6.45, 7) is 6.32. The molecule has 1 aliphatic rings. The van der Waals surface area contributed by atoms with Crippen LogP contribution in [0.15, 0.2) is 42.5 Å². The lowest BCUT2D eigenvalue weighted by atomic mass is 9.87. The van der Waals surface area contributed by atoms with Crippen molar-refractivity contribution in [3.63, 3.8) is 0 Å². The van der Waals surface area contributed by atoms with Gasteiger partial charge in [-0.2, -0.15) is 0 Å². The van der Waals surface area contributed by atoms with Crippen molar-refractivity contribution in [2.24, 2.45) is 0 Å². The monoisotopic (exact) mass is 382 g/mol. The Bertz CT molecular complexity index is 858. The van der Waals surface area contributed by atoms with Crippen molar-refractivity contribution in [1.29, 1.82) is 0 Å². The van der Waals surface area contributed by atoms with Crippen molar-refractivity contribution < 1.29 is 19.1 Å². The number of urea groups is 1. The van der Waals surface area contributed by atoms with Crippen LogP contribution in [-0.4, -0.2) is 37.1 Å². The molecule has 1 aliphatic heterocycles. The maximum atomic E-state index is 13.1. The number of hydrogen-bond donors (Lipinski definition) is 1. The highest BCUT2D eigenvalue weighted by atomic mass is 16.5. The van der Waals surface area contributed by atoms with Crippen LogP contribution in [0.3, 0.4) is 0 Å². The maximum Gasteiger partial charge on any atom is 0.325 e. The van der Waals surface area contributed by atoms with E-state index in [0.717, 1.165) is 22.4 Å². The van der Waals surface area contributed by atoms with Gasteiger partial charge in [0, 0.05) is 0 Å². The van der Waals surface area contributed by atoms with E-state index in [-0.39, 0.29) is 19.1 Å². The van der Waals surface area contributed by atoms with Gasteiger partial charge in [-0.3, -0.25) is 9.69 Å². The molecular weight excluding hydrogens is 356 g/mol. The molecule has 1 heterocycles. The number of hydrogen-bond acceptors (Lipinski definition) is 4. The van der Waals surface area contributed by atoms with E-state index in [9.17, 15) is 9.59 Å². The van der Waals surface area contributed by atoms with Gasteiger partial charge < -0.3 is 14.8 Å². The number of carbonyl (C=O) groups is 2. The van der Waals surface area contributed by atoms with E-state index in [1.807, 2.05) is 45.0 Å². The minimum atomic E-state index is -1.05. The molecule has 2 aromatic rings. The number of nitrogens with one attached hydrogen (secondary N) is 1. The lowest BCUT2D eigenvalue weighted by Crippen LogP contribution is -2.43. The number of imide groups is 1. The van der Waals surface area contributed by atoms with Crippen molar-refractivity contribution in [3.8, 4) is 11.5 Å². The summed E-state index contributed by atoms with van der Waals surface area (Å²) in [7, 11) is 1.59. The lowest BCUT2D eigenvalue weighted by molar-refractivity contribution is -0.132. The quantitative estimate of drug-likeness (QED) is 0.744. The van der Waals surface area contributed by atoms with E-state index in [1.54, 1.807) is 19.2 Å². The van der Waals surface area contributed by atoms with Gasteiger partial charge in [0.2, 0.25) is 0 Å². The third-order valence-electron chi connectivity index (χ3n) is 5.07. The molecule has 6 heteroatoms. The highest BCUT2D eigenvalue weighted by molar-refractivity contribution is 6.07. The van der Waals surface area contributed by atoms with Crippen molar-refractivity contribution in [1.82, 2.24) is 10.2 Å². The zero-order chi connectivity index (χ0) is 20.3. The number of methoxy groups -OCH3 is 1. The number of ether oxygens (including phenoxy) is 2. The van der Waals surface area contributed by atoms with Crippen LogP contribution in [-0.2, 0) is 10.3 Å².